The van der Waals surface area contributed by atoms with E-state index in [9.17, 15) is 4.79 Å². The molecule has 1 N–H and O–H groups in total. The average molecular weight is 551 g/mol. The summed E-state index contributed by atoms with van der Waals surface area (Å²) in [5.74, 6) is 1.91. The predicted octanol–water partition coefficient (Wildman–Crippen LogP) is 4.63. The van der Waals surface area contributed by atoms with E-state index in [0.29, 0.717) is 29.2 Å². The number of hydrogen-bond donors (Lipinski definition) is 1. The summed E-state index contributed by atoms with van der Waals surface area (Å²) >= 11 is 6.28. The van der Waals surface area contributed by atoms with Crippen molar-refractivity contribution in [3.63, 3.8) is 0 Å². The Labute approximate surface area is 208 Å². The number of amides is 1. The van der Waals surface area contributed by atoms with Crippen molar-refractivity contribution in [3.05, 3.63) is 57.0 Å². The van der Waals surface area contributed by atoms with Crippen molar-refractivity contribution in [2.45, 2.75) is 18.2 Å². The molecule has 0 saturated heterocycles. The Morgan fingerprint density at radius 2 is 1.97 bits per heavy atom. The van der Waals surface area contributed by atoms with Crippen LogP contribution in [-0.4, -0.2) is 48.4 Å². The Balaban J connectivity index is 1.51. The average Bonchev–Trinajstić information content (AvgIpc) is 3.22. The standard InChI is InChI=1S/C22H23BrN4O4S2/c1-14-6-4-5-7-18(14)30-8-9-31-21-17(23)10-16(11-19(21)29-3)12-24-26-20(28)13-32-22-27-25-15(2)33-22/h4-7,10-12H,8-9,13H2,1-3H3,(H,26,28)/b24-12+. The van der Waals surface area contributed by atoms with Crippen LogP contribution >= 0.6 is 39.0 Å². The summed E-state index contributed by atoms with van der Waals surface area (Å²) in [6, 6.07) is 11.4. The molecule has 0 radical (unpaired) electrons. The molecule has 1 amide bonds. The highest BCUT2D eigenvalue weighted by molar-refractivity contribution is 9.10. The van der Waals surface area contributed by atoms with Gasteiger partial charge >= 0.3 is 0 Å². The molecule has 11 heteroatoms. The van der Waals surface area contributed by atoms with Gasteiger partial charge in [-0.25, -0.2) is 5.43 Å². The number of aryl methyl sites for hydroxylation is 2. The molecule has 0 spiro atoms. The van der Waals surface area contributed by atoms with Crippen molar-refractivity contribution in [3.8, 4) is 17.2 Å². The molecular formula is C22H23BrN4O4S2. The molecule has 0 atom stereocenters. The van der Waals surface area contributed by atoms with Crippen LogP contribution in [0, 0.1) is 13.8 Å². The summed E-state index contributed by atoms with van der Waals surface area (Å²) < 4.78 is 18.5. The van der Waals surface area contributed by atoms with Crippen LogP contribution in [0.1, 0.15) is 16.1 Å². The van der Waals surface area contributed by atoms with E-state index in [0.717, 1.165) is 26.2 Å². The summed E-state index contributed by atoms with van der Waals surface area (Å²) in [6.45, 7) is 4.60. The Morgan fingerprint density at radius 3 is 2.70 bits per heavy atom. The number of aromatic nitrogens is 2. The van der Waals surface area contributed by atoms with Gasteiger partial charge in [0.25, 0.3) is 5.91 Å². The molecule has 0 saturated carbocycles. The zero-order chi connectivity index (χ0) is 23.6. The molecule has 0 aliphatic heterocycles. The Kier molecular flexibility index (Phi) is 9.52. The summed E-state index contributed by atoms with van der Waals surface area (Å²) in [4.78, 5) is 12.0. The van der Waals surface area contributed by atoms with Gasteiger partial charge in [0.1, 0.15) is 24.0 Å². The quantitative estimate of drug-likeness (QED) is 0.161. The van der Waals surface area contributed by atoms with Gasteiger partial charge in [-0.3, -0.25) is 4.79 Å². The third-order valence-corrected chi connectivity index (χ3v) is 6.73. The van der Waals surface area contributed by atoms with Crippen molar-refractivity contribution in [2.75, 3.05) is 26.1 Å². The van der Waals surface area contributed by atoms with E-state index in [1.54, 1.807) is 13.2 Å². The Hall–Kier alpha value is -2.63. The largest absolute Gasteiger partial charge is 0.493 e. The minimum Gasteiger partial charge on any atom is -0.493 e. The van der Waals surface area contributed by atoms with Gasteiger partial charge in [-0.1, -0.05) is 41.3 Å². The zero-order valence-electron chi connectivity index (χ0n) is 18.3. The van der Waals surface area contributed by atoms with Crippen LogP contribution in [0.15, 0.2) is 50.3 Å². The molecule has 0 aliphatic carbocycles. The number of nitrogens with zero attached hydrogens (tertiary/aromatic N) is 3. The van der Waals surface area contributed by atoms with E-state index in [4.69, 9.17) is 14.2 Å². The molecule has 1 heterocycles. The minimum absolute atomic E-state index is 0.205. The number of ether oxygens (including phenoxy) is 3. The topological polar surface area (TPSA) is 94.9 Å². The van der Waals surface area contributed by atoms with Crippen molar-refractivity contribution in [1.82, 2.24) is 15.6 Å². The van der Waals surface area contributed by atoms with Crippen molar-refractivity contribution >= 4 is 51.2 Å². The fourth-order valence-electron chi connectivity index (χ4n) is 2.64. The molecule has 8 nitrogen and oxygen atoms in total. The van der Waals surface area contributed by atoms with E-state index in [-0.39, 0.29) is 11.7 Å². The lowest BCUT2D eigenvalue weighted by molar-refractivity contribution is -0.118. The van der Waals surface area contributed by atoms with Crippen molar-refractivity contribution < 1.29 is 19.0 Å². The van der Waals surface area contributed by atoms with Gasteiger partial charge < -0.3 is 14.2 Å². The number of halogens is 1. The first-order chi connectivity index (χ1) is 16.0. The SMILES string of the molecule is COc1cc(/C=N/NC(=O)CSc2nnc(C)s2)cc(Br)c1OCCOc1ccccc1C. The highest BCUT2D eigenvalue weighted by Gasteiger charge is 2.12. The van der Waals surface area contributed by atoms with Crippen LogP contribution < -0.4 is 19.6 Å². The number of carbonyl (C=O) groups is 1. The maximum Gasteiger partial charge on any atom is 0.250 e. The van der Waals surface area contributed by atoms with Gasteiger partial charge in [0.2, 0.25) is 0 Å². The molecular weight excluding hydrogens is 528 g/mol. The van der Waals surface area contributed by atoms with Gasteiger partial charge in [0.05, 0.1) is 23.5 Å². The van der Waals surface area contributed by atoms with Gasteiger partial charge in [-0.05, 0) is 59.1 Å². The molecule has 1 aromatic heterocycles. The maximum absolute atomic E-state index is 12.0. The van der Waals surface area contributed by atoms with Crippen LogP contribution in [0.5, 0.6) is 17.2 Å². The zero-order valence-corrected chi connectivity index (χ0v) is 21.6. The lowest BCUT2D eigenvalue weighted by atomic mass is 10.2. The summed E-state index contributed by atoms with van der Waals surface area (Å²) in [5.41, 5.74) is 4.31. The van der Waals surface area contributed by atoms with E-state index < -0.39 is 0 Å². The molecule has 174 valence electrons. The molecule has 0 fully saturated rings. The number of thioether (sulfide) groups is 1. The van der Waals surface area contributed by atoms with Gasteiger partial charge in [-0.2, -0.15) is 5.10 Å². The Morgan fingerprint density at radius 1 is 1.18 bits per heavy atom. The van der Waals surface area contributed by atoms with E-state index in [1.807, 2.05) is 44.2 Å². The lowest BCUT2D eigenvalue weighted by Crippen LogP contribution is -2.19. The number of hydrogen-bond acceptors (Lipinski definition) is 9. The Bertz CT molecular complexity index is 1120. The monoisotopic (exact) mass is 550 g/mol. The first-order valence-corrected chi connectivity index (χ1v) is 12.5. The van der Waals surface area contributed by atoms with Gasteiger partial charge in [-0.15, -0.1) is 10.2 Å². The van der Waals surface area contributed by atoms with Gasteiger partial charge in [0, 0.05) is 0 Å². The molecule has 2 aromatic carbocycles. The molecule has 33 heavy (non-hydrogen) atoms. The van der Waals surface area contributed by atoms with Crippen LogP contribution in [-0.2, 0) is 4.79 Å². The summed E-state index contributed by atoms with van der Waals surface area (Å²) in [6.07, 6.45) is 1.54. The highest BCUT2D eigenvalue weighted by atomic mass is 79.9. The third-order valence-electron chi connectivity index (χ3n) is 4.17. The summed E-state index contributed by atoms with van der Waals surface area (Å²) in [7, 11) is 1.56. The highest BCUT2D eigenvalue weighted by Crippen LogP contribution is 2.36. The lowest BCUT2D eigenvalue weighted by Gasteiger charge is -2.14. The molecule has 0 bridgehead atoms. The normalized spacial score (nSPS) is 10.9. The molecule has 0 aliphatic rings. The van der Waals surface area contributed by atoms with Crippen LogP contribution in [0.4, 0.5) is 0 Å². The maximum atomic E-state index is 12.0. The van der Waals surface area contributed by atoms with Crippen LogP contribution in [0.25, 0.3) is 0 Å². The fourth-order valence-corrected chi connectivity index (χ4v) is 4.83. The molecule has 3 aromatic rings. The second-order valence-electron chi connectivity index (χ2n) is 6.67. The number of para-hydroxylation sites is 1. The molecule has 0 unspecified atom stereocenters. The predicted molar refractivity (Wildman–Crippen MR) is 134 cm³/mol. The molecule has 3 rings (SSSR count). The van der Waals surface area contributed by atoms with E-state index in [1.165, 1.54) is 29.3 Å². The number of nitrogens with one attached hydrogen (secondary N) is 1. The number of benzene rings is 2. The second-order valence-corrected chi connectivity index (χ2v) is 9.92. The van der Waals surface area contributed by atoms with Crippen molar-refractivity contribution in [2.24, 2.45) is 5.10 Å². The van der Waals surface area contributed by atoms with E-state index in [2.05, 4.69) is 36.7 Å². The van der Waals surface area contributed by atoms with Crippen molar-refractivity contribution in [1.29, 1.82) is 0 Å². The second kappa shape index (κ2) is 12.6. The summed E-state index contributed by atoms with van der Waals surface area (Å²) in [5, 5.41) is 12.8. The smallest absolute Gasteiger partial charge is 0.250 e. The number of carbonyl (C=O) groups excluding carboxylic acids is 1. The number of methoxy groups -OCH3 is 1. The first kappa shape index (κ1) is 25.0. The van der Waals surface area contributed by atoms with Gasteiger partial charge in [0.15, 0.2) is 15.8 Å². The number of hydrazone groups is 1. The number of rotatable bonds is 11. The third kappa shape index (κ3) is 7.72. The van der Waals surface area contributed by atoms with E-state index >= 15 is 0 Å². The van der Waals surface area contributed by atoms with Crippen LogP contribution in [0.3, 0.4) is 0 Å². The fraction of sp³-hybridized carbons (Fsp3) is 0.273. The minimum atomic E-state index is -0.233. The first-order valence-electron chi connectivity index (χ1n) is 9.90. The van der Waals surface area contributed by atoms with Crippen LogP contribution in [0.2, 0.25) is 0 Å².